The zero-order valence-corrected chi connectivity index (χ0v) is 21.9. The normalized spacial score (nSPS) is 22.9. The molecule has 6 rings (SSSR count). The summed E-state index contributed by atoms with van der Waals surface area (Å²) in [7, 11) is 1.70. The number of amides is 1. The van der Waals surface area contributed by atoms with E-state index in [1.54, 1.807) is 17.9 Å². The van der Waals surface area contributed by atoms with Crippen LogP contribution in [0.25, 0.3) is 28.2 Å². The second-order valence-corrected chi connectivity index (χ2v) is 10.5. The molecule has 2 unspecified atom stereocenters. The molecule has 12 heteroatoms. The van der Waals surface area contributed by atoms with Crippen LogP contribution in [0.3, 0.4) is 0 Å². The molecule has 0 saturated heterocycles. The summed E-state index contributed by atoms with van der Waals surface area (Å²) in [4.78, 5) is 21.6. The lowest BCUT2D eigenvalue weighted by Crippen LogP contribution is -2.29. The third kappa shape index (κ3) is 3.94. The average molecular weight is 562 g/mol. The minimum atomic E-state index is -0.226. The number of hydrogen-bond donors (Lipinski definition) is 2. The standard InChI is InChI=1S/C25H24BrN9O2/c1-13(8-10-27)21-32-33-22(37-21)14-3-5-15(6-4-14)35-20-16(19(26)34-35)12-29-24(31-20)30-18-7-9-25(11-17(18)25)23(36)28-2/h3-6,12-13,17-18H,7-9,11H2,1-2H3,(H,28,36)(H,29,30,31)/t13?,17?,18-,25+/m1/s1. The highest BCUT2D eigenvalue weighted by Gasteiger charge is 2.66. The van der Waals surface area contributed by atoms with Gasteiger partial charge in [-0.25, -0.2) is 9.67 Å². The molecule has 188 valence electrons. The number of nitrogens with zero attached hydrogens (tertiary/aromatic N) is 7. The van der Waals surface area contributed by atoms with Gasteiger partial charge in [0.25, 0.3) is 0 Å². The van der Waals surface area contributed by atoms with Crippen molar-refractivity contribution in [3.63, 3.8) is 0 Å². The van der Waals surface area contributed by atoms with Crippen molar-refractivity contribution in [3.05, 3.63) is 41.0 Å². The molecule has 4 atom stereocenters. The van der Waals surface area contributed by atoms with Crippen LogP contribution in [0.2, 0.25) is 0 Å². The van der Waals surface area contributed by atoms with Gasteiger partial charge in [0.05, 0.1) is 22.6 Å². The van der Waals surface area contributed by atoms with Gasteiger partial charge in [0.2, 0.25) is 23.6 Å². The highest BCUT2D eigenvalue weighted by atomic mass is 79.9. The summed E-state index contributed by atoms with van der Waals surface area (Å²) in [5.74, 6) is 1.69. The summed E-state index contributed by atoms with van der Waals surface area (Å²) in [5, 5.41) is 28.8. The van der Waals surface area contributed by atoms with E-state index in [4.69, 9.17) is 14.7 Å². The molecule has 0 bridgehead atoms. The van der Waals surface area contributed by atoms with Gasteiger partial charge in [-0.3, -0.25) is 4.79 Å². The van der Waals surface area contributed by atoms with E-state index in [0.29, 0.717) is 40.3 Å². The highest BCUT2D eigenvalue weighted by Crippen LogP contribution is 2.64. The fourth-order valence-corrected chi connectivity index (χ4v) is 5.80. The molecule has 0 spiro atoms. The lowest BCUT2D eigenvalue weighted by molar-refractivity contribution is -0.126. The second kappa shape index (κ2) is 8.92. The third-order valence-corrected chi connectivity index (χ3v) is 8.10. The predicted molar refractivity (Wildman–Crippen MR) is 138 cm³/mol. The van der Waals surface area contributed by atoms with Crippen molar-refractivity contribution in [2.45, 2.75) is 44.6 Å². The number of hydrogen-bond acceptors (Lipinski definition) is 9. The van der Waals surface area contributed by atoms with Gasteiger partial charge in [0.1, 0.15) is 4.60 Å². The number of carbonyl (C=O) groups excluding carboxylic acids is 1. The number of nitriles is 1. The number of benzene rings is 1. The molecule has 1 amide bonds. The predicted octanol–water partition coefficient (Wildman–Crippen LogP) is 3.97. The topological polar surface area (TPSA) is 147 Å². The smallest absolute Gasteiger partial charge is 0.247 e. The summed E-state index contributed by atoms with van der Waals surface area (Å²) in [6.45, 7) is 1.88. The van der Waals surface area contributed by atoms with Crippen LogP contribution in [-0.4, -0.2) is 48.9 Å². The summed E-state index contributed by atoms with van der Waals surface area (Å²) >= 11 is 3.52. The molecule has 3 aromatic heterocycles. The largest absolute Gasteiger partial charge is 0.420 e. The van der Waals surface area contributed by atoms with Gasteiger partial charge < -0.3 is 15.1 Å². The Morgan fingerprint density at radius 2 is 2.16 bits per heavy atom. The summed E-state index contributed by atoms with van der Waals surface area (Å²) in [5.41, 5.74) is 2.01. The Kier molecular flexibility index (Phi) is 5.67. The van der Waals surface area contributed by atoms with Gasteiger partial charge in [0, 0.05) is 37.2 Å². The van der Waals surface area contributed by atoms with Crippen LogP contribution in [0.15, 0.2) is 39.5 Å². The van der Waals surface area contributed by atoms with Gasteiger partial charge in [-0.2, -0.15) is 15.3 Å². The number of rotatable bonds is 7. The molecular formula is C25H24BrN9O2. The van der Waals surface area contributed by atoms with Crippen LogP contribution in [-0.2, 0) is 4.79 Å². The Hall–Kier alpha value is -3.85. The van der Waals surface area contributed by atoms with E-state index in [1.165, 1.54) is 0 Å². The lowest BCUT2D eigenvalue weighted by atomic mass is 10.0. The zero-order valence-electron chi connectivity index (χ0n) is 20.3. The van der Waals surface area contributed by atoms with Crippen molar-refractivity contribution in [1.29, 1.82) is 5.26 Å². The number of anilines is 1. The van der Waals surface area contributed by atoms with E-state index in [9.17, 15) is 4.79 Å². The minimum absolute atomic E-state index is 0.120. The van der Waals surface area contributed by atoms with Crippen molar-refractivity contribution in [2.24, 2.45) is 11.3 Å². The first-order valence-electron chi connectivity index (χ1n) is 12.1. The molecule has 37 heavy (non-hydrogen) atoms. The van der Waals surface area contributed by atoms with Crippen molar-refractivity contribution in [1.82, 2.24) is 35.3 Å². The van der Waals surface area contributed by atoms with Crippen molar-refractivity contribution < 1.29 is 9.21 Å². The molecule has 11 nitrogen and oxygen atoms in total. The highest BCUT2D eigenvalue weighted by molar-refractivity contribution is 9.10. The summed E-state index contributed by atoms with van der Waals surface area (Å²) < 4.78 is 8.17. The molecule has 2 saturated carbocycles. The van der Waals surface area contributed by atoms with E-state index in [2.05, 4.69) is 52.9 Å². The molecule has 2 N–H and O–H groups in total. The second-order valence-electron chi connectivity index (χ2n) is 9.72. The summed E-state index contributed by atoms with van der Waals surface area (Å²) in [6, 6.07) is 9.87. The zero-order chi connectivity index (χ0) is 25.7. The first kappa shape index (κ1) is 23.5. The van der Waals surface area contributed by atoms with E-state index in [-0.39, 0.29) is 23.3 Å². The molecule has 0 aliphatic heterocycles. The number of carbonyl (C=O) groups is 1. The fourth-order valence-electron chi connectivity index (χ4n) is 5.36. The molecule has 2 fully saturated rings. The van der Waals surface area contributed by atoms with Crippen LogP contribution in [0, 0.1) is 22.7 Å². The molecular weight excluding hydrogens is 538 g/mol. The van der Waals surface area contributed by atoms with Gasteiger partial charge >= 0.3 is 0 Å². The van der Waals surface area contributed by atoms with E-state index in [1.807, 2.05) is 31.2 Å². The Balaban J connectivity index is 1.24. The van der Waals surface area contributed by atoms with Crippen molar-refractivity contribution in [2.75, 3.05) is 12.4 Å². The van der Waals surface area contributed by atoms with E-state index >= 15 is 0 Å². The van der Waals surface area contributed by atoms with Gasteiger partial charge in [-0.1, -0.05) is 6.92 Å². The third-order valence-electron chi connectivity index (χ3n) is 7.51. The number of nitrogens with one attached hydrogen (secondary N) is 2. The van der Waals surface area contributed by atoms with Crippen LogP contribution >= 0.6 is 15.9 Å². The maximum absolute atomic E-state index is 12.3. The van der Waals surface area contributed by atoms with E-state index < -0.39 is 0 Å². The first-order chi connectivity index (χ1) is 17.9. The molecule has 3 heterocycles. The SMILES string of the molecule is CNC(=O)[C@]12CC[C@@H](Nc3ncc4c(Br)nn(-c5ccc(-c6nnc(C(C)CC#N)o6)cc5)c4n3)C1C2. The van der Waals surface area contributed by atoms with E-state index in [0.717, 1.165) is 35.9 Å². The fraction of sp³-hybridized carbons (Fsp3) is 0.400. The number of fused-ring (bicyclic) bond motifs is 2. The molecule has 1 aromatic carbocycles. The van der Waals surface area contributed by atoms with Gasteiger partial charge in [-0.15, -0.1) is 10.2 Å². The Labute approximate surface area is 220 Å². The quantitative estimate of drug-likeness (QED) is 0.341. The minimum Gasteiger partial charge on any atom is -0.420 e. The molecule has 0 radical (unpaired) electrons. The Bertz CT molecular complexity index is 1540. The first-order valence-corrected chi connectivity index (χ1v) is 12.9. The number of halogens is 1. The summed E-state index contributed by atoms with van der Waals surface area (Å²) in [6.07, 6.45) is 4.77. The van der Waals surface area contributed by atoms with Crippen LogP contribution in [0.5, 0.6) is 0 Å². The van der Waals surface area contributed by atoms with Crippen LogP contribution in [0.1, 0.15) is 44.4 Å². The average Bonchev–Trinajstić information content (AvgIpc) is 3.19. The number of aromatic nitrogens is 6. The maximum Gasteiger partial charge on any atom is 0.247 e. The van der Waals surface area contributed by atoms with Crippen LogP contribution in [0.4, 0.5) is 5.95 Å². The monoisotopic (exact) mass is 561 g/mol. The van der Waals surface area contributed by atoms with Crippen molar-refractivity contribution in [3.8, 4) is 23.2 Å². The molecule has 2 aliphatic rings. The Morgan fingerprint density at radius 3 is 2.89 bits per heavy atom. The molecule has 4 aromatic rings. The maximum atomic E-state index is 12.3. The van der Waals surface area contributed by atoms with Gasteiger partial charge in [-0.05, 0) is 65.4 Å². The Morgan fingerprint density at radius 1 is 1.35 bits per heavy atom. The van der Waals surface area contributed by atoms with Crippen molar-refractivity contribution >= 4 is 38.8 Å². The molecule has 2 aliphatic carbocycles. The van der Waals surface area contributed by atoms with Gasteiger partial charge in [0.15, 0.2) is 5.65 Å². The lowest BCUT2D eigenvalue weighted by Gasteiger charge is -2.13. The van der Waals surface area contributed by atoms with Crippen LogP contribution < -0.4 is 10.6 Å².